The fraction of sp³-hybridized carbons (Fsp3) is 0.211. The molecule has 3 heterocycles. The number of hydrogen-bond acceptors (Lipinski definition) is 3. The lowest BCUT2D eigenvalue weighted by Crippen LogP contribution is -2.30. The molecule has 0 radical (unpaired) electrons. The van der Waals surface area contributed by atoms with Crippen molar-refractivity contribution in [3.05, 3.63) is 78.3 Å². The van der Waals surface area contributed by atoms with Crippen LogP contribution in [0, 0.1) is 5.82 Å². The van der Waals surface area contributed by atoms with Gasteiger partial charge in [0.15, 0.2) is 0 Å². The first-order valence-corrected chi connectivity index (χ1v) is 8.23. The number of imidazole rings is 1. The van der Waals surface area contributed by atoms with Crippen LogP contribution in [0.1, 0.15) is 34.8 Å². The van der Waals surface area contributed by atoms with Gasteiger partial charge in [0.2, 0.25) is 0 Å². The number of carbonyl (C=O) groups is 1. The van der Waals surface area contributed by atoms with Gasteiger partial charge in [-0.1, -0.05) is 12.1 Å². The van der Waals surface area contributed by atoms with Gasteiger partial charge in [0.25, 0.3) is 5.91 Å². The zero-order valence-electron chi connectivity index (χ0n) is 13.5. The van der Waals surface area contributed by atoms with Crippen LogP contribution in [0.15, 0.2) is 61.3 Å². The number of nitrogens with zero attached hydrogens (tertiary/aromatic N) is 4. The van der Waals surface area contributed by atoms with E-state index in [0.717, 1.165) is 18.4 Å². The minimum atomic E-state index is -0.275. The number of amides is 1. The summed E-state index contributed by atoms with van der Waals surface area (Å²) in [4.78, 5) is 23.1. The lowest BCUT2D eigenvalue weighted by Gasteiger charge is -2.25. The summed E-state index contributed by atoms with van der Waals surface area (Å²) >= 11 is 0. The molecule has 5 nitrogen and oxygen atoms in total. The second kappa shape index (κ2) is 6.47. The molecule has 1 unspecified atom stereocenters. The van der Waals surface area contributed by atoms with Gasteiger partial charge in [0.05, 0.1) is 6.04 Å². The molecule has 0 saturated carbocycles. The molecule has 0 bridgehead atoms. The molecule has 0 N–H and O–H groups in total. The van der Waals surface area contributed by atoms with Crippen LogP contribution in [-0.4, -0.2) is 31.9 Å². The van der Waals surface area contributed by atoms with Crippen LogP contribution in [0.3, 0.4) is 0 Å². The molecule has 2 aromatic heterocycles. The number of benzene rings is 1. The van der Waals surface area contributed by atoms with E-state index in [1.807, 2.05) is 11.0 Å². The average Bonchev–Trinajstić information content (AvgIpc) is 3.33. The van der Waals surface area contributed by atoms with Crippen LogP contribution >= 0.6 is 0 Å². The molecule has 1 saturated heterocycles. The van der Waals surface area contributed by atoms with Crippen molar-refractivity contribution < 1.29 is 9.18 Å². The summed E-state index contributed by atoms with van der Waals surface area (Å²) in [5.74, 6) is 0.309. The molecule has 25 heavy (non-hydrogen) atoms. The molecule has 0 aliphatic carbocycles. The van der Waals surface area contributed by atoms with Crippen LogP contribution in [0.2, 0.25) is 0 Å². The van der Waals surface area contributed by atoms with Crippen molar-refractivity contribution >= 4 is 5.91 Å². The Morgan fingerprint density at radius 3 is 2.92 bits per heavy atom. The van der Waals surface area contributed by atoms with Gasteiger partial charge in [-0.2, -0.15) is 0 Å². The van der Waals surface area contributed by atoms with Crippen LogP contribution in [0.5, 0.6) is 0 Å². The highest BCUT2D eigenvalue weighted by Crippen LogP contribution is 2.33. The van der Waals surface area contributed by atoms with Crippen LogP contribution in [0.25, 0.3) is 5.82 Å². The summed E-state index contributed by atoms with van der Waals surface area (Å²) in [5.41, 5.74) is 1.41. The quantitative estimate of drug-likeness (QED) is 0.737. The molecule has 1 amide bonds. The van der Waals surface area contributed by atoms with E-state index in [0.29, 0.717) is 17.9 Å². The highest BCUT2D eigenvalue weighted by Gasteiger charge is 2.31. The Bertz CT molecular complexity index is 894. The van der Waals surface area contributed by atoms with Crippen molar-refractivity contribution in [3.8, 4) is 5.82 Å². The smallest absolute Gasteiger partial charge is 0.254 e. The molecule has 1 aliphatic heterocycles. The molecule has 1 aliphatic rings. The summed E-state index contributed by atoms with van der Waals surface area (Å²) < 4.78 is 15.3. The van der Waals surface area contributed by atoms with Crippen molar-refractivity contribution in [3.63, 3.8) is 0 Å². The first-order chi connectivity index (χ1) is 12.2. The molecule has 0 spiro atoms. The second-order valence-electron chi connectivity index (χ2n) is 6.08. The Morgan fingerprint density at radius 2 is 2.12 bits per heavy atom. The predicted octanol–water partition coefficient (Wildman–Crippen LogP) is 3.38. The summed E-state index contributed by atoms with van der Waals surface area (Å²) in [6.07, 6.45) is 8.46. The Kier molecular flexibility index (Phi) is 4.01. The maximum atomic E-state index is 13.6. The molecule has 1 fully saturated rings. The number of pyridine rings is 1. The lowest BCUT2D eigenvalue weighted by atomic mass is 10.0. The third-order valence-electron chi connectivity index (χ3n) is 4.51. The maximum absolute atomic E-state index is 13.6. The number of likely N-dealkylation sites (tertiary alicyclic amines) is 1. The fourth-order valence-corrected chi connectivity index (χ4v) is 3.32. The first-order valence-electron chi connectivity index (χ1n) is 8.23. The molecule has 1 atom stereocenters. The highest BCUT2D eigenvalue weighted by atomic mass is 19.1. The van der Waals surface area contributed by atoms with Gasteiger partial charge in [0, 0.05) is 30.7 Å². The molecular weight excluding hydrogens is 319 g/mol. The Morgan fingerprint density at radius 1 is 1.20 bits per heavy atom. The molecular formula is C19H17FN4O. The van der Waals surface area contributed by atoms with E-state index < -0.39 is 0 Å². The first kappa shape index (κ1) is 15.5. The minimum Gasteiger partial charge on any atom is -0.332 e. The zero-order valence-corrected chi connectivity index (χ0v) is 13.5. The van der Waals surface area contributed by atoms with E-state index in [1.54, 1.807) is 47.7 Å². The van der Waals surface area contributed by atoms with Crippen LogP contribution in [0.4, 0.5) is 4.39 Å². The van der Waals surface area contributed by atoms with Crippen molar-refractivity contribution in [2.45, 2.75) is 18.9 Å². The fourth-order valence-electron chi connectivity index (χ4n) is 3.32. The summed E-state index contributed by atoms with van der Waals surface area (Å²) in [6.45, 7) is 0.669. The number of carbonyl (C=O) groups excluding carboxylic acids is 1. The van der Waals surface area contributed by atoms with E-state index in [4.69, 9.17) is 0 Å². The lowest BCUT2D eigenvalue weighted by molar-refractivity contribution is 0.0735. The summed E-state index contributed by atoms with van der Waals surface area (Å²) in [5, 5.41) is 0. The van der Waals surface area contributed by atoms with Gasteiger partial charge < -0.3 is 4.90 Å². The molecule has 4 rings (SSSR count). The predicted molar refractivity (Wildman–Crippen MR) is 90.8 cm³/mol. The molecule has 126 valence electrons. The topological polar surface area (TPSA) is 51.0 Å². The van der Waals surface area contributed by atoms with E-state index in [9.17, 15) is 9.18 Å². The minimum absolute atomic E-state index is 0.0597. The van der Waals surface area contributed by atoms with E-state index >= 15 is 0 Å². The maximum Gasteiger partial charge on any atom is 0.254 e. The van der Waals surface area contributed by atoms with Gasteiger partial charge in [-0.3, -0.25) is 9.36 Å². The number of aromatic nitrogens is 3. The summed E-state index contributed by atoms with van der Waals surface area (Å²) in [6, 6.07) is 9.88. The normalized spacial score (nSPS) is 17.0. The number of hydrogen-bond donors (Lipinski definition) is 0. The largest absolute Gasteiger partial charge is 0.332 e. The van der Waals surface area contributed by atoms with E-state index in [-0.39, 0.29) is 17.8 Å². The van der Waals surface area contributed by atoms with Gasteiger partial charge in [-0.25, -0.2) is 14.4 Å². The Hall–Kier alpha value is -3.02. The molecule has 1 aromatic carbocycles. The Balaban J connectivity index is 1.63. The van der Waals surface area contributed by atoms with Crippen LogP contribution in [-0.2, 0) is 0 Å². The van der Waals surface area contributed by atoms with Crippen molar-refractivity contribution in [1.82, 2.24) is 19.4 Å². The van der Waals surface area contributed by atoms with Crippen molar-refractivity contribution in [1.29, 1.82) is 0 Å². The number of halogens is 1. The van der Waals surface area contributed by atoms with Gasteiger partial charge in [-0.15, -0.1) is 0 Å². The Labute approximate surface area is 144 Å². The standard InChI is InChI=1S/C19H17FN4O/c20-16-4-1-3-14(11-16)17-5-2-9-24(17)19(25)15-6-7-22-18(12-15)23-10-8-21-13-23/h1,3-4,6-8,10-13,17H,2,5,9H2. The van der Waals surface area contributed by atoms with Gasteiger partial charge >= 0.3 is 0 Å². The molecule has 6 heteroatoms. The second-order valence-corrected chi connectivity index (χ2v) is 6.08. The van der Waals surface area contributed by atoms with Crippen molar-refractivity contribution in [2.24, 2.45) is 0 Å². The third kappa shape index (κ3) is 3.03. The average molecular weight is 336 g/mol. The third-order valence-corrected chi connectivity index (χ3v) is 4.51. The van der Waals surface area contributed by atoms with Crippen molar-refractivity contribution in [2.75, 3.05) is 6.54 Å². The molecule has 3 aromatic rings. The van der Waals surface area contributed by atoms with Crippen LogP contribution < -0.4 is 0 Å². The monoisotopic (exact) mass is 336 g/mol. The van der Waals surface area contributed by atoms with E-state index in [2.05, 4.69) is 9.97 Å². The van der Waals surface area contributed by atoms with Gasteiger partial charge in [-0.05, 0) is 42.7 Å². The zero-order chi connectivity index (χ0) is 17.2. The highest BCUT2D eigenvalue weighted by molar-refractivity contribution is 5.95. The SMILES string of the molecule is O=C(c1ccnc(-n2ccnc2)c1)N1CCCC1c1cccc(F)c1. The van der Waals surface area contributed by atoms with E-state index in [1.165, 1.54) is 12.1 Å². The van der Waals surface area contributed by atoms with Gasteiger partial charge in [0.1, 0.15) is 18.0 Å². The number of rotatable bonds is 3. The summed E-state index contributed by atoms with van der Waals surface area (Å²) in [7, 11) is 0.